The van der Waals surface area contributed by atoms with Gasteiger partial charge in [0, 0.05) is 32.0 Å². The molecule has 0 radical (unpaired) electrons. The molecular weight excluding hydrogens is 420 g/mol. The van der Waals surface area contributed by atoms with E-state index in [0.717, 1.165) is 34.4 Å². The number of ether oxygens (including phenoxy) is 1. The Kier molecular flexibility index (Phi) is 9.13. The Balaban J connectivity index is 2.10. The van der Waals surface area contributed by atoms with E-state index in [1.54, 1.807) is 25.1 Å². The average molecular weight is 445 g/mol. The Morgan fingerprint density at radius 2 is 2.23 bits per heavy atom. The monoisotopic (exact) mass is 444 g/mol. The molecule has 0 unspecified atom stereocenters. The summed E-state index contributed by atoms with van der Waals surface area (Å²) in [6.45, 7) is 4.40. The van der Waals surface area contributed by atoms with Gasteiger partial charge < -0.3 is 15.4 Å². The molecule has 1 amide bonds. The number of rotatable bonds is 12. The van der Waals surface area contributed by atoms with Gasteiger partial charge in [-0.05, 0) is 12.2 Å². The first-order chi connectivity index (χ1) is 12.7. The fourth-order valence-corrected chi connectivity index (χ4v) is 3.16. The van der Waals surface area contributed by atoms with Crippen molar-refractivity contribution < 1.29 is 9.53 Å². The Hall–Kier alpha value is -1.39. The summed E-state index contributed by atoms with van der Waals surface area (Å²) < 4.78 is 6.90. The lowest BCUT2D eigenvalue weighted by Crippen LogP contribution is -2.27. The molecule has 0 aliphatic carbocycles. The Morgan fingerprint density at radius 3 is 2.96 bits per heavy atom. The van der Waals surface area contributed by atoms with Crippen LogP contribution in [0.15, 0.2) is 11.4 Å². The van der Waals surface area contributed by atoms with Crippen molar-refractivity contribution >= 4 is 50.5 Å². The second-order valence-corrected chi connectivity index (χ2v) is 7.48. The molecule has 0 saturated heterocycles. The van der Waals surface area contributed by atoms with E-state index in [4.69, 9.17) is 4.74 Å². The molecule has 0 atom stereocenters. The van der Waals surface area contributed by atoms with Crippen molar-refractivity contribution in [3.05, 3.63) is 6.20 Å². The molecule has 0 aliphatic rings. The van der Waals surface area contributed by atoms with E-state index in [-0.39, 0.29) is 5.91 Å². The van der Waals surface area contributed by atoms with Crippen LogP contribution in [0.25, 0.3) is 11.0 Å². The molecule has 2 N–H and O–H groups in total. The van der Waals surface area contributed by atoms with Crippen LogP contribution < -0.4 is 10.6 Å². The lowest BCUT2D eigenvalue weighted by molar-refractivity contribution is -0.121. The van der Waals surface area contributed by atoms with Gasteiger partial charge >= 0.3 is 0 Å². The molecule has 0 spiro atoms. The van der Waals surface area contributed by atoms with Gasteiger partial charge in [0.15, 0.2) is 10.8 Å². The third-order valence-corrected chi connectivity index (χ3v) is 4.82. The van der Waals surface area contributed by atoms with Crippen LogP contribution in [0.5, 0.6) is 0 Å². The summed E-state index contributed by atoms with van der Waals surface area (Å²) in [6.07, 6.45) is 3.12. The van der Waals surface area contributed by atoms with Gasteiger partial charge in [-0.25, -0.2) is 14.6 Å². The maximum absolute atomic E-state index is 11.7. The molecule has 26 heavy (non-hydrogen) atoms. The fourth-order valence-electron chi connectivity index (χ4n) is 2.32. The molecule has 2 aromatic heterocycles. The van der Waals surface area contributed by atoms with Gasteiger partial charge in [0.1, 0.15) is 5.82 Å². The summed E-state index contributed by atoms with van der Waals surface area (Å²) in [5.74, 6) is 1.70. The standard InChI is InChI=1S/C16H25BrN6O2S/c1-3-26-16-21-14(19-8-10-25-2)12-11-20-23(15(12)22-16)9-7-18-13(24)5-4-6-17/h11H,3-10H2,1-2H3,(H,18,24)(H,19,21,22). The molecule has 144 valence electrons. The van der Waals surface area contributed by atoms with E-state index < -0.39 is 0 Å². The first kappa shape index (κ1) is 20.9. The van der Waals surface area contributed by atoms with Crippen LogP contribution in [0.3, 0.4) is 0 Å². The molecule has 0 aliphatic heterocycles. The summed E-state index contributed by atoms with van der Waals surface area (Å²) in [4.78, 5) is 20.9. The number of hydrogen-bond donors (Lipinski definition) is 2. The van der Waals surface area contributed by atoms with Crippen LogP contribution in [-0.2, 0) is 16.1 Å². The van der Waals surface area contributed by atoms with E-state index in [1.807, 2.05) is 4.68 Å². The van der Waals surface area contributed by atoms with E-state index >= 15 is 0 Å². The van der Waals surface area contributed by atoms with Crippen molar-refractivity contribution in [3.63, 3.8) is 0 Å². The Bertz CT molecular complexity index is 711. The number of alkyl halides is 1. The number of anilines is 1. The zero-order valence-electron chi connectivity index (χ0n) is 15.1. The Morgan fingerprint density at radius 1 is 1.38 bits per heavy atom. The van der Waals surface area contributed by atoms with Crippen LogP contribution in [0.4, 0.5) is 5.82 Å². The van der Waals surface area contributed by atoms with Crippen LogP contribution in [0, 0.1) is 0 Å². The number of hydrogen-bond acceptors (Lipinski definition) is 7. The highest BCUT2D eigenvalue weighted by molar-refractivity contribution is 9.09. The summed E-state index contributed by atoms with van der Waals surface area (Å²) in [6, 6.07) is 0. The maximum Gasteiger partial charge on any atom is 0.220 e. The molecule has 0 saturated carbocycles. The second kappa shape index (κ2) is 11.3. The minimum atomic E-state index is 0.0553. The number of fused-ring (bicyclic) bond motifs is 1. The first-order valence-corrected chi connectivity index (χ1v) is 10.7. The van der Waals surface area contributed by atoms with Gasteiger partial charge in [0.05, 0.1) is 24.7 Å². The first-order valence-electron chi connectivity index (χ1n) is 8.61. The third kappa shape index (κ3) is 6.10. The van der Waals surface area contributed by atoms with Crippen LogP contribution >= 0.6 is 27.7 Å². The van der Waals surface area contributed by atoms with Gasteiger partial charge in [-0.1, -0.05) is 34.6 Å². The SMILES string of the molecule is CCSc1nc(NCCOC)c2cnn(CCNC(=O)CCCBr)c2n1. The molecule has 0 aromatic carbocycles. The summed E-state index contributed by atoms with van der Waals surface area (Å²) >= 11 is 4.91. The number of methoxy groups -OCH3 is 1. The number of carbonyl (C=O) groups is 1. The molecule has 2 rings (SSSR count). The summed E-state index contributed by atoms with van der Waals surface area (Å²) in [5, 5.41) is 13.0. The summed E-state index contributed by atoms with van der Waals surface area (Å²) in [5.41, 5.74) is 0.769. The minimum absolute atomic E-state index is 0.0553. The van der Waals surface area contributed by atoms with Crippen molar-refractivity contribution in [2.75, 3.05) is 43.2 Å². The number of nitrogens with one attached hydrogen (secondary N) is 2. The van der Waals surface area contributed by atoms with Crippen LogP contribution in [0.2, 0.25) is 0 Å². The highest BCUT2D eigenvalue weighted by atomic mass is 79.9. The predicted molar refractivity (Wildman–Crippen MR) is 108 cm³/mol. The zero-order chi connectivity index (χ0) is 18.8. The molecular formula is C16H25BrN6O2S. The van der Waals surface area contributed by atoms with E-state index in [2.05, 4.69) is 48.6 Å². The largest absolute Gasteiger partial charge is 0.383 e. The fraction of sp³-hybridized carbons (Fsp3) is 0.625. The lowest BCUT2D eigenvalue weighted by atomic mass is 10.3. The average Bonchev–Trinajstić information content (AvgIpc) is 3.04. The number of halogens is 1. The molecule has 8 nitrogen and oxygen atoms in total. The predicted octanol–water partition coefficient (Wildman–Crippen LogP) is 2.29. The van der Waals surface area contributed by atoms with E-state index in [0.29, 0.717) is 37.8 Å². The van der Waals surface area contributed by atoms with Gasteiger partial charge in [0.25, 0.3) is 0 Å². The van der Waals surface area contributed by atoms with Crippen molar-refractivity contribution in [1.82, 2.24) is 25.1 Å². The topological polar surface area (TPSA) is 94.0 Å². The number of aromatic nitrogens is 4. The van der Waals surface area contributed by atoms with Crippen molar-refractivity contribution in [3.8, 4) is 0 Å². The van der Waals surface area contributed by atoms with Gasteiger partial charge in [0.2, 0.25) is 5.91 Å². The van der Waals surface area contributed by atoms with Crippen LogP contribution in [-0.4, -0.2) is 63.5 Å². The third-order valence-electron chi connectivity index (χ3n) is 3.53. The molecule has 0 bridgehead atoms. The lowest BCUT2D eigenvalue weighted by Gasteiger charge is -2.09. The van der Waals surface area contributed by atoms with E-state index in [1.165, 1.54) is 0 Å². The van der Waals surface area contributed by atoms with Gasteiger partial charge in [-0.15, -0.1) is 0 Å². The quantitative estimate of drug-likeness (QED) is 0.224. The molecule has 2 aromatic rings. The van der Waals surface area contributed by atoms with Crippen molar-refractivity contribution in [1.29, 1.82) is 0 Å². The number of amides is 1. The summed E-state index contributed by atoms with van der Waals surface area (Å²) in [7, 11) is 1.67. The molecule has 10 heteroatoms. The second-order valence-electron chi connectivity index (χ2n) is 5.45. The van der Waals surface area contributed by atoms with Crippen molar-refractivity contribution in [2.24, 2.45) is 0 Å². The minimum Gasteiger partial charge on any atom is -0.383 e. The van der Waals surface area contributed by atoms with Gasteiger partial charge in [-0.3, -0.25) is 4.79 Å². The molecule has 0 fully saturated rings. The highest BCUT2D eigenvalue weighted by Crippen LogP contribution is 2.24. The zero-order valence-corrected chi connectivity index (χ0v) is 17.5. The van der Waals surface area contributed by atoms with Gasteiger partial charge in [-0.2, -0.15) is 5.10 Å². The van der Waals surface area contributed by atoms with Crippen LogP contribution in [0.1, 0.15) is 19.8 Å². The number of nitrogens with zero attached hydrogens (tertiary/aromatic N) is 4. The molecule has 2 heterocycles. The van der Waals surface area contributed by atoms with Crippen molar-refractivity contribution in [2.45, 2.75) is 31.5 Å². The highest BCUT2D eigenvalue weighted by Gasteiger charge is 2.13. The maximum atomic E-state index is 11.7. The normalized spacial score (nSPS) is 11.0. The smallest absolute Gasteiger partial charge is 0.220 e. The van der Waals surface area contributed by atoms with E-state index in [9.17, 15) is 4.79 Å². The number of thioether (sulfide) groups is 1. The number of carbonyl (C=O) groups excluding carboxylic acids is 1. The Labute approximate surface area is 166 Å².